The molecule has 1 aromatic carbocycles. The van der Waals surface area contributed by atoms with Gasteiger partial charge in [-0.25, -0.2) is 4.99 Å². The highest BCUT2D eigenvalue weighted by molar-refractivity contribution is 14.0. The van der Waals surface area contributed by atoms with Crippen LogP contribution in [-0.4, -0.2) is 70.6 Å². The molecule has 1 rings (SSSR count). The summed E-state index contributed by atoms with van der Waals surface area (Å²) in [7, 11) is 3.78. The number of rotatable bonds is 13. The second kappa shape index (κ2) is 16.6. The summed E-state index contributed by atoms with van der Waals surface area (Å²) in [4.78, 5) is 6.79. The number of likely N-dealkylation sites (N-methyl/N-ethyl adjacent to an activating group) is 1. The normalized spacial score (nSPS) is 12.0. The molecule has 0 aromatic heterocycles. The lowest BCUT2D eigenvalue weighted by molar-refractivity contribution is -0.176. The van der Waals surface area contributed by atoms with E-state index < -0.39 is 12.8 Å². The van der Waals surface area contributed by atoms with Crippen LogP contribution in [0.25, 0.3) is 0 Å². The molecular formula is C20H34F3IN4O2. The lowest BCUT2D eigenvalue weighted by atomic mass is 10.1. The number of hydrogen-bond donors (Lipinski definition) is 2. The van der Waals surface area contributed by atoms with E-state index >= 15 is 0 Å². The maximum Gasteiger partial charge on any atom is 0.411 e. The Balaban J connectivity index is 0.00000841. The minimum absolute atomic E-state index is 0. The first-order chi connectivity index (χ1) is 13.8. The summed E-state index contributed by atoms with van der Waals surface area (Å²) in [6.45, 7) is 5.32. The molecule has 0 radical (unpaired) electrons. The number of halogens is 4. The van der Waals surface area contributed by atoms with Crippen LogP contribution in [-0.2, 0) is 22.6 Å². The lowest BCUT2D eigenvalue weighted by Gasteiger charge is -2.18. The van der Waals surface area contributed by atoms with Crippen LogP contribution in [0, 0.1) is 0 Å². The molecule has 0 heterocycles. The fourth-order valence-electron chi connectivity index (χ4n) is 2.49. The van der Waals surface area contributed by atoms with Crippen molar-refractivity contribution in [2.45, 2.75) is 32.7 Å². The molecule has 0 aliphatic heterocycles. The maximum absolute atomic E-state index is 12.1. The van der Waals surface area contributed by atoms with Crippen LogP contribution >= 0.6 is 24.0 Å². The summed E-state index contributed by atoms with van der Waals surface area (Å²) in [5, 5.41) is 6.51. The number of nitrogens with one attached hydrogen (secondary N) is 2. The Morgan fingerprint density at radius 1 is 1.10 bits per heavy atom. The third-order valence-electron chi connectivity index (χ3n) is 4.00. The van der Waals surface area contributed by atoms with Crippen molar-refractivity contribution in [3.05, 3.63) is 35.4 Å². The Hall–Kier alpha value is -1.11. The van der Waals surface area contributed by atoms with E-state index in [2.05, 4.69) is 32.3 Å². The first kappa shape index (κ1) is 28.9. The Bertz CT molecular complexity index is 586. The molecule has 30 heavy (non-hydrogen) atoms. The molecule has 0 saturated heterocycles. The summed E-state index contributed by atoms with van der Waals surface area (Å²) < 4.78 is 46.0. The van der Waals surface area contributed by atoms with Gasteiger partial charge in [0.25, 0.3) is 0 Å². The van der Waals surface area contributed by atoms with Gasteiger partial charge in [-0.15, -0.1) is 24.0 Å². The number of aliphatic imine (C=N–C) groups is 1. The van der Waals surface area contributed by atoms with E-state index in [-0.39, 0.29) is 30.6 Å². The average Bonchev–Trinajstić information content (AvgIpc) is 2.66. The van der Waals surface area contributed by atoms with E-state index in [1.54, 1.807) is 19.2 Å². The van der Waals surface area contributed by atoms with Crippen molar-refractivity contribution in [3.63, 3.8) is 0 Å². The standard InChI is InChI=1S/C20H33F3N4O2.HI/c1-4-24-19(25-10-12-27(2)11-5-13-28-3)26-14-17-6-8-18(9-7-17)15-29-16-20(21,22)23;/h6-9H,4-5,10-16H2,1-3H3,(H2,24,25,26);1H. The van der Waals surface area contributed by atoms with Gasteiger partial charge >= 0.3 is 6.18 Å². The van der Waals surface area contributed by atoms with E-state index in [0.717, 1.165) is 50.7 Å². The van der Waals surface area contributed by atoms with Crippen molar-refractivity contribution in [2.24, 2.45) is 4.99 Å². The van der Waals surface area contributed by atoms with Gasteiger partial charge in [-0.1, -0.05) is 24.3 Å². The van der Waals surface area contributed by atoms with Crippen LogP contribution in [0.1, 0.15) is 24.5 Å². The molecule has 0 amide bonds. The fourth-order valence-corrected chi connectivity index (χ4v) is 2.49. The van der Waals surface area contributed by atoms with Gasteiger partial charge in [-0.05, 0) is 31.5 Å². The second-order valence-corrected chi connectivity index (χ2v) is 6.70. The minimum Gasteiger partial charge on any atom is -0.385 e. The molecule has 10 heteroatoms. The second-order valence-electron chi connectivity index (χ2n) is 6.70. The van der Waals surface area contributed by atoms with Crippen LogP contribution in [0.3, 0.4) is 0 Å². The SMILES string of the molecule is CCNC(=NCc1ccc(COCC(F)(F)F)cc1)NCCN(C)CCCOC.I. The number of guanidine groups is 1. The monoisotopic (exact) mass is 546 g/mol. The van der Waals surface area contributed by atoms with Gasteiger partial charge in [0.15, 0.2) is 5.96 Å². The van der Waals surface area contributed by atoms with Gasteiger partial charge in [0.05, 0.1) is 13.2 Å². The van der Waals surface area contributed by atoms with Crippen molar-refractivity contribution in [2.75, 3.05) is 53.6 Å². The van der Waals surface area contributed by atoms with E-state index in [1.165, 1.54) is 0 Å². The molecule has 6 nitrogen and oxygen atoms in total. The quantitative estimate of drug-likeness (QED) is 0.172. The van der Waals surface area contributed by atoms with Crippen molar-refractivity contribution in [1.29, 1.82) is 0 Å². The van der Waals surface area contributed by atoms with Gasteiger partial charge in [0.2, 0.25) is 0 Å². The zero-order valence-electron chi connectivity index (χ0n) is 17.9. The largest absolute Gasteiger partial charge is 0.411 e. The molecular weight excluding hydrogens is 512 g/mol. The Kier molecular flexibility index (Phi) is 16.0. The average molecular weight is 546 g/mol. The molecule has 0 spiro atoms. The zero-order valence-corrected chi connectivity index (χ0v) is 20.3. The molecule has 0 fully saturated rings. The Morgan fingerprint density at radius 3 is 2.37 bits per heavy atom. The first-order valence-electron chi connectivity index (χ1n) is 9.76. The first-order valence-corrected chi connectivity index (χ1v) is 9.76. The summed E-state index contributed by atoms with van der Waals surface area (Å²) >= 11 is 0. The molecule has 0 saturated carbocycles. The fraction of sp³-hybridized carbons (Fsp3) is 0.650. The van der Waals surface area contributed by atoms with E-state index in [1.807, 2.05) is 19.1 Å². The van der Waals surface area contributed by atoms with E-state index in [4.69, 9.17) is 4.74 Å². The third kappa shape index (κ3) is 14.8. The predicted molar refractivity (Wildman–Crippen MR) is 124 cm³/mol. The molecule has 0 unspecified atom stereocenters. The zero-order chi connectivity index (χ0) is 21.5. The number of alkyl halides is 3. The Labute approximate surface area is 194 Å². The predicted octanol–water partition coefficient (Wildman–Crippen LogP) is 3.41. The molecule has 0 aliphatic carbocycles. The third-order valence-corrected chi connectivity index (χ3v) is 4.00. The maximum atomic E-state index is 12.1. The number of hydrogen-bond acceptors (Lipinski definition) is 4. The summed E-state index contributed by atoms with van der Waals surface area (Å²) in [5.74, 6) is 0.732. The van der Waals surface area contributed by atoms with Crippen molar-refractivity contribution in [1.82, 2.24) is 15.5 Å². The number of benzene rings is 1. The molecule has 0 bridgehead atoms. The Morgan fingerprint density at radius 2 is 1.77 bits per heavy atom. The van der Waals surface area contributed by atoms with Gasteiger partial charge in [0.1, 0.15) is 6.61 Å². The topological polar surface area (TPSA) is 58.1 Å². The number of nitrogens with zero attached hydrogens (tertiary/aromatic N) is 2. The van der Waals surface area contributed by atoms with E-state index in [0.29, 0.717) is 12.1 Å². The molecule has 0 atom stereocenters. The van der Waals surface area contributed by atoms with Crippen molar-refractivity contribution in [3.8, 4) is 0 Å². The summed E-state index contributed by atoms with van der Waals surface area (Å²) in [6.07, 6.45) is -3.30. The highest BCUT2D eigenvalue weighted by Gasteiger charge is 2.27. The highest BCUT2D eigenvalue weighted by atomic mass is 127. The van der Waals surface area contributed by atoms with Crippen LogP contribution < -0.4 is 10.6 Å². The number of ether oxygens (including phenoxy) is 2. The smallest absolute Gasteiger partial charge is 0.385 e. The molecule has 174 valence electrons. The highest BCUT2D eigenvalue weighted by Crippen LogP contribution is 2.16. The lowest BCUT2D eigenvalue weighted by Crippen LogP contribution is -2.41. The molecule has 1 aromatic rings. The van der Waals surface area contributed by atoms with Crippen LogP contribution in [0.4, 0.5) is 13.2 Å². The minimum atomic E-state index is -4.30. The van der Waals surface area contributed by atoms with Crippen LogP contribution in [0.15, 0.2) is 29.3 Å². The van der Waals surface area contributed by atoms with Crippen molar-refractivity contribution < 1.29 is 22.6 Å². The van der Waals surface area contributed by atoms with Crippen LogP contribution in [0.2, 0.25) is 0 Å². The van der Waals surface area contributed by atoms with Gasteiger partial charge in [0, 0.05) is 39.9 Å². The molecule has 0 aliphatic rings. The van der Waals surface area contributed by atoms with Crippen LogP contribution in [0.5, 0.6) is 0 Å². The molecule has 2 N–H and O–H groups in total. The van der Waals surface area contributed by atoms with E-state index in [9.17, 15) is 13.2 Å². The summed E-state index contributed by atoms with van der Waals surface area (Å²) in [6, 6.07) is 7.22. The summed E-state index contributed by atoms with van der Waals surface area (Å²) in [5.41, 5.74) is 1.67. The van der Waals surface area contributed by atoms with Gasteiger partial charge in [-0.2, -0.15) is 13.2 Å². The van der Waals surface area contributed by atoms with Gasteiger partial charge < -0.3 is 25.0 Å². The number of methoxy groups -OCH3 is 1. The van der Waals surface area contributed by atoms with Gasteiger partial charge in [-0.3, -0.25) is 0 Å². The van der Waals surface area contributed by atoms with Crippen molar-refractivity contribution >= 4 is 29.9 Å².